The lowest BCUT2D eigenvalue weighted by atomic mass is 9.99. The fourth-order valence-electron chi connectivity index (χ4n) is 2.57. The van der Waals surface area contributed by atoms with E-state index in [1.807, 2.05) is 23.9 Å². The molecular weight excluding hydrogens is 271 g/mol. The number of hydrogen-bond acceptors (Lipinski definition) is 3. The summed E-state index contributed by atoms with van der Waals surface area (Å²) in [5.74, 6) is 0.731. The molecule has 5 heteroatoms. The van der Waals surface area contributed by atoms with Crippen LogP contribution in [0.3, 0.4) is 0 Å². The number of hydrogen-bond donors (Lipinski definition) is 0. The van der Waals surface area contributed by atoms with Crippen LogP contribution in [-0.4, -0.2) is 56.0 Å². The van der Waals surface area contributed by atoms with Crippen molar-refractivity contribution in [2.24, 2.45) is 5.92 Å². The highest BCUT2D eigenvalue weighted by Gasteiger charge is 2.24. The lowest BCUT2D eigenvalue weighted by Crippen LogP contribution is -2.44. The van der Waals surface area contributed by atoms with Crippen molar-refractivity contribution in [3.63, 3.8) is 0 Å². The smallest absolute Gasteiger partial charge is 0.236 e. The molecule has 1 atom stereocenters. The third-order valence-corrected chi connectivity index (χ3v) is 3.60. The van der Waals surface area contributed by atoms with E-state index in [2.05, 4.69) is 0 Å². The number of halogens is 1. The standard InChI is InChI=1S/C16H23FN2O2/c1-18(2)11-16(20)19-8-4-5-13(10-19)12-21-15-7-3-6-14(17)9-15/h3,6-7,9,13H,4-5,8,10-12H2,1-2H3. The number of likely N-dealkylation sites (tertiary alicyclic amines) is 1. The van der Waals surface area contributed by atoms with Crippen LogP contribution >= 0.6 is 0 Å². The third kappa shape index (κ3) is 5.01. The van der Waals surface area contributed by atoms with Gasteiger partial charge in [-0.2, -0.15) is 0 Å². The first-order valence-corrected chi connectivity index (χ1v) is 7.35. The van der Waals surface area contributed by atoms with E-state index >= 15 is 0 Å². The van der Waals surface area contributed by atoms with Crippen molar-refractivity contribution in [2.45, 2.75) is 12.8 Å². The third-order valence-electron chi connectivity index (χ3n) is 3.60. The van der Waals surface area contributed by atoms with Gasteiger partial charge < -0.3 is 14.5 Å². The molecule has 21 heavy (non-hydrogen) atoms. The van der Waals surface area contributed by atoms with Crippen LogP contribution in [0.2, 0.25) is 0 Å². The van der Waals surface area contributed by atoms with E-state index in [0.29, 0.717) is 24.8 Å². The van der Waals surface area contributed by atoms with E-state index in [4.69, 9.17) is 4.74 Å². The van der Waals surface area contributed by atoms with Gasteiger partial charge in [-0.3, -0.25) is 4.79 Å². The fraction of sp³-hybridized carbons (Fsp3) is 0.562. The van der Waals surface area contributed by atoms with Crippen LogP contribution in [0.25, 0.3) is 0 Å². The van der Waals surface area contributed by atoms with E-state index < -0.39 is 0 Å². The molecule has 0 N–H and O–H groups in total. The van der Waals surface area contributed by atoms with Gasteiger partial charge in [-0.25, -0.2) is 4.39 Å². The van der Waals surface area contributed by atoms with Crippen LogP contribution in [0, 0.1) is 11.7 Å². The largest absolute Gasteiger partial charge is 0.493 e. The van der Waals surface area contributed by atoms with Gasteiger partial charge in [-0.1, -0.05) is 6.07 Å². The van der Waals surface area contributed by atoms with E-state index in [-0.39, 0.29) is 11.7 Å². The van der Waals surface area contributed by atoms with Crippen LogP contribution < -0.4 is 4.74 Å². The predicted octanol–water partition coefficient (Wildman–Crippen LogP) is 2.00. The van der Waals surface area contributed by atoms with Crippen LogP contribution in [-0.2, 0) is 4.79 Å². The highest BCUT2D eigenvalue weighted by Crippen LogP contribution is 2.19. The second kappa shape index (κ2) is 7.41. The molecular formula is C16H23FN2O2. The highest BCUT2D eigenvalue weighted by molar-refractivity contribution is 5.78. The van der Waals surface area contributed by atoms with Crippen molar-refractivity contribution < 1.29 is 13.9 Å². The van der Waals surface area contributed by atoms with Gasteiger partial charge in [-0.05, 0) is 39.1 Å². The van der Waals surface area contributed by atoms with Gasteiger partial charge in [0.15, 0.2) is 0 Å². The SMILES string of the molecule is CN(C)CC(=O)N1CCCC(COc2cccc(F)c2)C1. The number of piperidine rings is 1. The molecule has 1 aromatic rings. The van der Waals surface area contributed by atoms with Crippen LogP contribution in [0.5, 0.6) is 5.75 Å². The molecule has 0 saturated carbocycles. The number of rotatable bonds is 5. The van der Waals surface area contributed by atoms with Gasteiger partial charge in [0.1, 0.15) is 11.6 Å². The fourth-order valence-corrected chi connectivity index (χ4v) is 2.57. The molecule has 116 valence electrons. The molecule has 1 saturated heterocycles. The molecule has 1 aliphatic rings. The number of carbonyl (C=O) groups excluding carboxylic acids is 1. The summed E-state index contributed by atoms with van der Waals surface area (Å²) in [6.07, 6.45) is 2.04. The summed E-state index contributed by atoms with van der Waals surface area (Å²) in [7, 11) is 3.79. The zero-order valence-electron chi connectivity index (χ0n) is 12.7. The predicted molar refractivity (Wildman–Crippen MR) is 79.8 cm³/mol. The Balaban J connectivity index is 1.82. The first kappa shape index (κ1) is 15.8. The molecule has 1 unspecified atom stereocenters. The lowest BCUT2D eigenvalue weighted by Gasteiger charge is -2.33. The van der Waals surface area contributed by atoms with Gasteiger partial charge in [-0.15, -0.1) is 0 Å². The molecule has 1 amide bonds. The highest BCUT2D eigenvalue weighted by atomic mass is 19.1. The Morgan fingerprint density at radius 1 is 1.48 bits per heavy atom. The Kier molecular flexibility index (Phi) is 5.56. The molecule has 0 aromatic heterocycles. The van der Waals surface area contributed by atoms with Crippen LogP contribution in [0.1, 0.15) is 12.8 Å². The van der Waals surface area contributed by atoms with Crippen molar-refractivity contribution in [1.29, 1.82) is 0 Å². The van der Waals surface area contributed by atoms with E-state index in [9.17, 15) is 9.18 Å². The zero-order valence-corrected chi connectivity index (χ0v) is 12.7. The molecule has 1 aliphatic heterocycles. The monoisotopic (exact) mass is 294 g/mol. The average Bonchev–Trinajstić information content (AvgIpc) is 2.45. The first-order valence-electron chi connectivity index (χ1n) is 7.35. The summed E-state index contributed by atoms with van der Waals surface area (Å²) in [5.41, 5.74) is 0. The maximum Gasteiger partial charge on any atom is 0.236 e. The van der Waals surface area contributed by atoms with E-state index in [0.717, 1.165) is 25.9 Å². The normalized spacial score (nSPS) is 18.9. The molecule has 1 fully saturated rings. The maximum absolute atomic E-state index is 13.1. The summed E-state index contributed by atoms with van der Waals surface area (Å²) >= 11 is 0. The Morgan fingerprint density at radius 2 is 2.29 bits per heavy atom. The number of amides is 1. The zero-order chi connectivity index (χ0) is 15.2. The minimum absolute atomic E-state index is 0.162. The van der Waals surface area contributed by atoms with E-state index in [1.54, 1.807) is 12.1 Å². The molecule has 1 heterocycles. The van der Waals surface area contributed by atoms with Crippen LogP contribution in [0.15, 0.2) is 24.3 Å². The average molecular weight is 294 g/mol. The topological polar surface area (TPSA) is 32.8 Å². The second-order valence-corrected chi connectivity index (χ2v) is 5.85. The number of likely N-dealkylation sites (N-methyl/N-ethyl adjacent to an activating group) is 1. The molecule has 0 radical (unpaired) electrons. The molecule has 2 rings (SSSR count). The van der Waals surface area contributed by atoms with Gasteiger partial charge in [0.2, 0.25) is 5.91 Å². The van der Waals surface area contributed by atoms with Gasteiger partial charge in [0.05, 0.1) is 13.2 Å². The summed E-state index contributed by atoms with van der Waals surface area (Å²) in [4.78, 5) is 15.9. The number of ether oxygens (including phenoxy) is 1. The lowest BCUT2D eigenvalue weighted by molar-refractivity contribution is -0.133. The minimum Gasteiger partial charge on any atom is -0.493 e. The van der Waals surface area contributed by atoms with Crippen molar-refractivity contribution in [2.75, 3.05) is 40.3 Å². The number of nitrogens with zero attached hydrogens (tertiary/aromatic N) is 2. The van der Waals surface area contributed by atoms with Crippen molar-refractivity contribution >= 4 is 5.91 Å². The second-order valence-electron chi connectivity index (χ2n) is 5.85. The molecule has 0 aliphatic carbocycles. The molecule has 0 spiro atoms. The summed E-state index contributed by atoms with van der Waals surface area (Å²) in [6, 6.07) is 6.17. The summed E-state index contributed by atoms with van der Waals surface area (Å²) in [6.45, 7) is 2.51. The Hall–Kier alpha value is -1.62. The van der Waals surface area contributed by atoms with Crippen molar-refractivity contribution in [3.05, 3.63) is 30.1 Å². The number of carbonyl (C=O) groups is 1. The quantitative estimate of drug-likeness (QED) is 0.833. The molecule has 1 aromatic carbocycles. The summed E-state index contributed by atoms with van der Waals surface area (Å²) < 4.78 is 18.7. The summed E-state index contributed by atoms with van der Waals surface area (Å²) in [5, 5.41) is 0. The van der Waals surface area contributed by atoms with Gasteiger partial charge >= 0.3 is 0 Å². The Morgan fingerprint density at radius 3 is 3.00 bits per heavy atom. The van der Waals surface area contributed by atoms with Gasteiger partial charge in [0, 0.05) is 25.1 Å². The minimum atomic E-state index is -0.293. The van der Waals surface area contributed by atoms with E-state index in [1.165, 1.54) is 12.1 Å². The number of benzene rings is 1. The van der Waals surface area contributed by atoms with Gasteiger partial charge in [0.25, 0.3) is 0 Å². The molecule has 4 nitrogen and oxygen atoms in total. The maximum atomic E-state index is 13.1. The van der Waals surface area contributed by atoms with Crippen LogP contribution in [0.4, 0.5) is 4.39 Å². The van der Waals surface area contributed by atoms with Crippen molar-refractivity contribution in [1.82, 2.24) is 9.80 Å². The molecule has 0 bridgehead atoms. The first-order chi connectivity index (χ1) is 10.0. The Bertz CT molecular complexity index is 479. The van der Waals surface area contributed by atoms with Crippen molar-refractivity contribution in [3.8, 4) is 5.75 Å². The Labute approximate surface area is 125 Å².